The molecule has 2 aliphatic rings. The van der Waals surface area contributed by atoms with E-state index in [1.54, 1.807) is 23.1 Å². The quantitative estimate of drug-likeness (QED) is 0.811. The molecule has 6 heteroatoms. The molecule has 1 atom stereocenters. The van der Waals surface area contributed by atoms with E-state index < -0.39 is 0 Å². The number of carbonyl (C=O) groups is 2. The average Bonchev–Trinajstić information content (AvgIpc) is 3.14. The molecule has 0 N–H and O–H groups in total. The molecular formula is C23H24N4O2. The van der Waals surface area contributed by atoms with Gasteiger partial charge in [-0.2, -0.15) is 5.26 Å². The Labute approximate surface area is 170 Å². The molecule has 2 aliphatic heterocycles. The number of benzene rings is 2. The van der Waals surface area contributed by atoms with E-state index in [0.29, 0.717) is 30.9 Å². The second-order valence-electron chi connectivity index (χ2n) is 7.69. The van der Waals surface area contributed by atoms with Gasteiger partial charge in [0.05, 0.1) is 17.2 Å². The van der Waals surface area contributed by atoms with Crippen LogP contribution < -0.4 is 9.80 Å². The van der Waals surface area contributed by atoms with Crippen LogP contribution in [0.5, 0.6) is 0 Å². The van der Waals surface area contributed by atoms with E-state index in [4.69, 9.17) is 0 Å². The number of piperazine rings is 1. The lowest BCUT2D eigenvalue weighted by molar-refractivity contribution is -0.136. The summed E-state index contributed by atoms with van der Waals surface area (Å²) in [4.78, 5) is 31.3. The van der Waals surface area contributed by atoms with E-state index in [2.05, 4.69) is 42.2 Å². The maximum Gasteiger partial charge on any atom is 0.228 e. The molecule has 2 aromatic carbocycles. The molecule has 6 nitrogen and oxygen atoms in total. The van der Waals surface area contributed by atoms with Gasteiger partial charge >= 0.3 is 0 Å². The molecule has 0 aromatic heterocycles. The monoisotopic (exact) mass is 388 g/mol. The maximum atomic E-state index is 13.0. The van der Waals surface area contributed by atoms with Gasteiger partial charge in [0.1, 0.15) is 6.07 Å². The van der Waals surface area contributed by atoms with Gasteiger partial charge in [0.2, 0.25) is 11.8 Å². The molecule has 0 bridgehead atoms. The number of aryl methyl sites for hydroxylation is 1. The molecule has 2 amide bonds. The molecule has 2 heterocycles. The third-order valence-corrected chi connectivity index (χ3v) is 5.75. The van der Waals surface area contributed by atoms with Crippen LogP contribution >= 0.6 is 0 Å². The van der Waals surface area contributed by atoms with Crippen LogP contribution in [0.1, 0.15) is 17.5 Å². The number of amides is 2. The van der Waals surface area contributed by atoms with E-state index in [1.165, 1.54) is 11.3 Å². The number of rotatable bonds is 3. The summed E-state index contributed by atoms with van der Waals surface area (Å²) >= 11 is 0. The number of nitriles is 1. The van der Waals surface area contributed by atoms with Crippen LogP contribution in [0, 0.1) is 24.2 Å². The first-order chi connectivity index (χ1) is 14.1. The zero-order valence-electron chi connectivity index (χ0n) is 16.5. The summed E-state index contributed by atoms with van der Waals surface area (Å²) in [5.41, 5.74) is 3.47. The van der Waals surface area contributed by atoms with E-state index in [9.17, 15) is 14.9 Å². The summed E-state index contributed by atoms with van der Waals surface area (Å²) in [6.45, 7) is 5.32. The highest BCUT2D eigenvalue weighted by Gasteiger charge is 2.38. The second-order valence-corrected chi connectivity index (χ2v) is 7.69. The van der Waals surface area contributed by atoms with Crippen LogP contribution in [0.3, 0.4) is 0 Å². The number of nitrogens with zero attached hydrogens (tertiary/aromatic N) is 4. The van der Waals surface area contributed by atoms with E-state index in [1.807, 2.05) is 11.0 Å². The van der Waals surface area contributed by atoms with Gasteiger partial charge in [-0.25, -0.2) is 0 Å². The fourth-order valence-corrected chi connectivity index (χ4v) is 4.18. The number of para-hydroxylation sites is 1. The first-order valence-corrected chi connectivity index (χ1v) is 9.96. The molecule has 1 unspecified atom stereocenters. The van der Waals surface area contributed by atoms with Gasteiger partial charge in [0, 0.05) is 44.8 Å². The van der Waals surface area contributed by atoms with Crippen LogP contribution in [0.4, 0.5) is 11.4 Å². The third-order valence-electron chi connectivity index (χ3n) is 5.75. The zero-order chi connectivity index (χ0) is 20.4. The average molecular weight is 388 g/mol. The van der Waals surface area contributed by atoms with Crippen LogP contribution in [-0.2, 0) is 9.59 Å². The van der Waals surface area contributed by atoms with Crippen molar-refractivity contribution in [3.8, 4) is 6.07 Å². The fourth-order valence-electron chi connectivity index (χ4n) is 4.18. The molecule has 2 aromatic rings. The largest absolute Gasteiger partial charge is 0.368 e. The van der Waals surface area contributed by atoms with Crippen LogP contribution in [0.25, 0.3) is 0 Å². The lowest BCUT2D eigenvalue weighted by atomic mass is 10.1. The van der Waals surface area contributed by atoms with Crippen molar-refractivity contribution >= 4 is 23.2 Å². The number of hydrogen-bond donors (Lipinski definition) is 0. The van der Waals surface area contributed by atoms with Crippen molar-refractivity contribution in [2.24, 2.45) is 5.92 Å². The van der Waals surface area contributed by atoms with Gasteiger partial charge in [-0.3, -0.25) is 9.59 Å². The van der Waals surface area contributed by atoms with E-state index in [-0.39, 0.29) is 24.2 Å². The molecule has 0 aliphatic carbocycles. The lowest BCUT2D eigenvalue weighted by Gasteiger charge is -2.37. The Bertz CT molecular complexity index is 973. The standard InChI is InChI=1S/C23H24N4O2/c1-17-5-4-7-20(13-17)25-9-11-26(12-10-25)23(29)19-14-22(28)27(16-19)21-8-3-2-6-18(21)15-24/h2-8,13,19H,9-12,14,16H2,1H3. The summed E-state index contributed by atoms with van der Waals surface area (Å²) in [7, 11) is 0. The molecule has 148 valence electrons. The van der Waals surface area contributed by atoms with Crippen molar-refractivity contribution in [2.75, 3.05) is 42.5 Å². The maximum absolute atomic E-state index is 13.0. The summed E-state index contributed by atoms with van der Waals surface area (Å²) < 4.78 is 0. The molecule has 0 radical (unpaired) electrons. The number of hydrogen-bond acceptors (Lipinski definition) is 4. The molecule has 0 spiro atoms. The third kappa shape index (κ3) is 3.81. The Kier molecular flexibility index (Phi) is 5.22. The van der Waals surface area contributed by atoms with Crippen LogP contribution in [0.2, 0.25) is 0 Å². The topological polar surface area (TPSA) is 67.7 Å². The second kappa shape index (κ2) is 7.96. The first-order valence-electron chi connectivity index (χ1n) is 9.96. The summed E-state index contributed by atoms with van der Waals surface area (Å²) in [5.74, 6) is -0.400. The Hall–Kier alpha value is -3.33. The molecule has 29 heavy (non-hydrogen) atoms. The molecule has 2 saturated heterocycles. The van der Waals surface area contributed by atoms with Gasteiger partial charge in [0.15, 0.2) is 0 Å². The Balaban J connectivity index is 1.40. The predicted molar refractivity (Wildman–Crippen MR) is 112 cm³/mol. The van der Waals surface area contributed by atoms with Crippen molar-refractivity contribution in [1.29, 1.82) is 5.26 Å². The zero-order valence-corrected chi connectivity index (χ0v) is 16.5. The minimum Gasteiger partial charge on any atom is -0.368 e. The van der Waals surface area contributed by atoms with Gasteiger partial charge in [-0.05, 0) is 36.8 Å². The van der Waals surface area contributed by atoms with Gasteiger partial charge in [-0.1, -0.05) is 24.3 Å². The van der Waals surface area contributed by atoms with Crippen molar-refractivity contribution in [2.45, 2.75) is 13.3 Å². The number of carbonyl (C=O) groups excluding carboxylic acids is 2. The molecular weight excluding hydrogens is 364 g/mol. The summed E-state index contributed by atoms with van der Waals surface area (Å²) in [5, 5.41) is 9.31. The highest BCUT2D eigenvalue weighted by molar-refractivity contribution is 6.01. The van der Waals surface area contributed by atoms with Crippen LogP contribution in [-0.4, -0.2) is 49.4 Å². The Morgan fingerprint density at radius 3 is 2.55 bits per heavy atom. The fraction of sp³-hybridized carbons (Fsp3) is 0.348. The van der Waals surface area contributed by atoms with Gasteiger partial charge in [-0.15, -0.1) is 0 Å². The highest BCUT2D eigenvalue weighted by Crippen LogP contribution is 2.29. The van der Waals surface area contributed by atoms with Crippen molar-refractivity contribution in [3.63, 3.8) is 0 Å². The summed E-state index contributed by atoms with van der Waals surface area (Å²) in [6, 6.07) is 17.6. The number of anilines is 2. The predicted octanol–water partition coefficient (Wildman–Crippen LogP) is 2.57. The van der Waals surface area contributed by atoms with Crippen LogP contribution in [0.15, 0.2) is 48.5 Å². The van der Waals surface area contributed by atoms with Gasteiger partial charge < -0.3 is 14.7 Å². The molecule has 2 fully saturated rings. The van der Waals surface area contributed by atoms with Crippen molar-refractivity contribution in [3.05, 3.63) is 59.7 Å². The van der Waals surface area contributed by atoms with Crippen molar-refractivity contribution < 1.29 is 9.59 Å². The normalized spacial score (nSPS) is 19.4. The van der Waals surface area contributed by atoms with Crippen molar-refractivity contribution in [1.82, 2.24) is 4.90 Å². The highest BCUT2D eigenvalue weighted by atomic mass is 16.2. The van der Waals surface area contributed by atoms with E-state index in [0.717, 1.165) is 13.1 Å². The molecule has 0 saturated carbocycles. The first kappa shape index (κ1) is 19.0. The lowest BCUT2D eigenvalue weighted by Crippen LogP contribution is -2.50. The smallest absolute Gasteiger partial charge is 0.228 e. The SMILES string of the molecule is Cc1cccc(N2CCN(C(=O)C3CC(=O)N(c4ccccc4C#N)C3)CC2)c1. The minimum absolute atomic E-state index is 0.0409. The Morgan fingerprint density at radius 1 is 1.07 bits per heavy atom. The Morgan fingerprint density at radius 2 is 1.83 bits per heavy atom. The molecule has 4 rings (SSSR count). The van der Waals surface area contributed by atoms with Gasteiger partial charge in [0.25, 0.3) is 0 Å². The minimum atomic E-state index is -0.347. The van der Waals surface area contributed by atoms with E-state index >= 15 is 0 Å². The summed E-state index contributed by atoms with van der Waals surface area (Å²) in [6.07, 6.45) is 0.205.